The Labute approximate surface area is 251 Å². The molecule has 2 saturated heterocycles. The van der Waals surface area contributed by atoms with E-state index in [4.69, 9.17) is 9.47 Å². The van der Waals surface area contributed by atoms with E-state index >= 15 is 0 Å². The van der Waals surface area contributed by atoms with E-state index in [1.54, 1.807) is 33.1 Å². The van der Waals surface area contributed by atoms with E-state index in [-0.39, 0.29) is 36.7 Å². The summed E-state index contributed by atoms with van der Waals surface area (Å²) in [7, 11) is -2.10. The van der Waals surface area contributed by atoms with Crippen LogP contribution in [0.4, 0.5) is 0 Å². The molecule has 2 aliphatic heterocycles. The molecule has 1 amide bonds. The summed E-state index contributed by atoms with van der Waals surface area (Å²) >= 11 is 0. The topological polar surface area (TPSA) is 88.2 Å². The van der Waals surface area contributed by atoms with Crippen molar-refractivity contribution in [3.63, 3.8) is 0 Å². The van der Waals surface area contributed by atoms with E-state index < -0.39 is 10.0 Å². The smallest absolute Gasteiger partial charge is 0.246 e. The van der Waals surface area contributed by atoms with Crippen molar-refractivity contribution < 1.29 is 22.7 Å². The molecule has 3 fully saturated rings. The van der Waals surface area contributed by atoms with Gasteiger partial charge in [-0.15, -0.1) is 0 Å². The average molecular weight is 598 g/mol. The lowest BCUT2D eigenvalue weighted by atomic mass is 9.73. The van der Waals surface area contributed by atoms with Crippen LogP contribution >= 0.6 is 0 Å². The Balaban J connectivity index is 1.12. The second kappa shape index (κ2) is 13.5. The standard InChI is InChI=1S/C33H47N3O5S/c1-25-20-30(40-3)21-26(2)32(25)42(38,39)36-19-14-29(23-36)41-24-31(37)34-28-12-15-33(16-13-28,35-17-8-5-9-18-35)22-27-10-6-4-7-11-27/h4,6-7,10-11,20-21,28-29H,5,8-9,12-19,22-24H2,1-3H3,(H,34,37). The summed E-state index contributed by atoms with van der Waals surface area (Å²) in [6.45, 7) is 6.51. The van der Waals surface area contributed by atoms with Crippen LogP contribution in [0.1, 0.15) is 68.1 Å². The molecule has 0 spiro atoms. The van der Waals surface area contributed by atoms with Crippen LogP contribution in [-0.2, 0) is 26.0 Å². The molecule has 1 unspecified atom stereocenters. The molecule has 2 aromatic rings. The van der Waals surface area contributed by atoms with Crippen molar-refractivity contribution in [1.82, 2.24) is 14.5 Å². The minimum atomic E-state index is -3.67. The normalized spacial score (nSPS) is 25.8. The van der Waals surface area contributed by atoms with Crippen LogP contribution < -0.4 is 10.1 Å². The number of sulfonamides is 1. The van der Waals surface area contributed by atoms with Crippen molar-refractivity contribution in [3.8, 4) is 5.75 Å². The molecule has 1 atom stereocenters. The molecule has 3 aliphatic rings. The molecular weight excluding hydrogens is 550 g/mol. The SMILES string of the molecule is COc1cc(C)c(S(=O)(=O)N2CCC(OCC(=O)NC3CCC(Cc4ccccc4)(N4CCCCC4)CC3)C2)c(C)c1. The van der Waals surface area contributed by atoms with Crippen LogP contribution in [0.15, 0.2) is 47.4 Å². The first-order valence-corrected chi connectivity index (χ1v) is 17.0. The fourth-order valence-electron chi connectivity index (χ4n) is 7.33. The number of likely N-dealkylation sites (tertiary alicyclic amines) is 1. The van der Waals surface area contributed by atoms with Gasteiger partial charge >= 0.3 is 0 Å². The lowest BCUT2D eigenvalue weighted by molar-refractivity contribution is -0.128. The molecule has 230 valence electrons. The van der Waals surface area contributed by atoms with Crippen LogP contribution in [0.3, 0.4) is 0 Å². The Hall–Kier alpha value is -2.46. The molecule has 1 N–H and O–H groups in total. The van der Waals surface area contributed by atoms with E-state index in [0.29, 0.717) is 34.7 Å². The first-order valence-electron chi connectivity index (χ1n) is 15.6. The first-order chi connectivity index (χ1) is 20.2. The zero-order valence-corrected chi connectivity index (χ0v) is 26.3. The number of carbonyl (C=O) groups excluding carboxylic acids is 1. The fraction of sp³-hybridized carbons (Fsp3) is 0.606. The molecule has 9 heteroatoms. The predicted molar refractivity (Wildman–Crippen MR) is 164 cm³/mol. The van der Waals surface area contributed by atoms with E-state index in [9.17, 15) is 13.2 Å². The summed E-state index contributed by atoms with van der Waals surface area (Å²) in [4.78, 5) is 15.9. The van der Waals surface area contributed by atoms with Gasteiger partial charge in [0.2, 0.25) is 15.9 Å². The number of ether oxygens (including phenoxy) is 2. The number of rotatable bonds is 10. The number of carbonyl (C=O) groups is 1. The van der Waals surface area contributed by atoms with Gasteiger partial charge in [0, 0.05) is 24.7 Å². The summed E-state index contributed by atoms with van der Waals surface area (Å²) in [5.41, 5.74) is 2.88. The van der Waals surface area contributed by atoms with Crippen molar-refractivity contribution in [2.24, 2.45) is 0 Å². The molecule has 0 radical (unpaired) electrons. The monoisotopic (exact) mass is 597 g/mol. The third-order valence-electron chi connectivity index (χ3n) is 9.51. The van der Waals surface area contributed by atoms with Crippen molar-refractivity contribution >= 4 is 15.9 Å². The summed E-state index contributed by atoms with van der Waals surface area (Å²) in [6.07, 6.45) is 9.28. The Kier molecular flexibility index (Phi) is 9.92. The molecule has 5 rings (SSSR count). The molecule has 42 heavy (non-hydrogen) atoms. The maximum atomic E-state index is 13.5. The van der Waals surface area contributed by atoms with Gasteiger partial charge in [-0.25, -0.2) is 8.42 Å². The van der Waals surface area contributed by atoms with Crippen molar-refractivity contribution in [1.29, 1.82) is 0 Å². The van der Waals surface area contributed by atoms with Crippen LogP contribution in [0, 0.1) is 13.8 Å². The van der Waals surface area contributed by atoms with Crippen molar-refractivity contribution in [2.75, 3.05) is 39.9 Å². The number of nitrogens with zero attached hydrogens (tertiary/aromatic N) is 2. The molecule has 0 bridgehead atoms. The molecule has 0 aromatic heterocycles. The van der Waals surface area contributed by atoms with Crippen LogP contribution in [0.5, 0.6) is 5.75 Å². The number of amides is 1. The van der Waals surface area contributed by atoms with Gasteiger partial charge in [-0.3, -0.25) is 9.69 Å². The number of benzene rings is 2. The van der Waals surface area contributed by atoms with Crippen LogP contribution in [0.2, 0.25) is 0 Å². The predicted octanol–water partition coefficient (Wildman–Crippen LogP) is 4.62. The highest BCUT2D eigenvalue weighted by Crippen LogP contribution is 2.38. The van der Waals surface area contributed by atoms with Gasteiger partial charge < -0.3 is 14.8 Å². The van der Waals surface area contributed by atoms with Gasteiger partial charge in [-0.1, -0.05) is 36.8 Å². The Morgan fingerprint density at radius 3 is 2.29 bits per heavy atom. The van der Waals surface area contributed by atoms with E-state index in [2.05, 4.69) is 40.5 Å². The molecule has 2 heterocycles. The average Bonchev–Trinajstić information content (AvgIpc) is 3.48. The minimum absolute atomic E-state index is 0.0447. The summed E-state index contributed by atoms with van der Waals surface area (Å²) in [5, 5.41) is 3.21. The van der Waals surface area contributed by atoms with Gasteiger partial charge in [0.1, 0.15) is 12.4 Å². The third-order valence-corrected chi connectivity index (χ3v) is 11.7. The van der Waals surface area contributed by atoms with E-state index in [1.165, 1.54) is 42.2 Å². The Bertz CT molecular complexity index is 1300. The van der Waals surface area contributed by atoms with Crippen molar-refractivity contribution in [2.45, 2.75) is 94.2 Å². The second-order valence-electron chi connectivity index (χ2n) is 12.5. The van der Waals surface area contributed by atoms with Gasteiger partial charge in [0.25, 0.3) is 0 Å². The number of hydrogen-bond donors (Lipinski definition) is 1. The second-order valence-corrected chi connectivity index (χ2v) is 14.3. The zero-order chi connectivity index (χ0) is 29.7. The molecule has 8 nitrogen and oxygen atoms in total. The van der Waals surface area contributed by atoms with Crippen LogP contribution in [-0.4, -0.2) is 81.1 Å². The zero-order valence-electron chi connectivity index (χ0n) is 25.4. The number of aryl methyl sites for hydroxylation is 2. The molecule has 1 aliphatic carbocycles. The Morgan fingerprint density at radius 2 is 1.64 bits per heavy atom. The number of methoxy groups -OCH3 is 1. The Morgan fingerprint density at radius 1 is 0.976 bits per heavy atom. The lowest BCUT2D eigenvalue weighted by Gasteiger charge is -2.50. The highest BCUT2D eigenvalue weighted by molar-refractivity contribution is 7.89. The van der Waals surface area contributed by atoms with Crippen LogP contribution in [0.25, 0.3) is 0 Å². The third kappa shape index (κ3) is 7.01. The quantitative estimate of drug-likeness (QED) is 0.430. The first kappa shape index (κ1) is 31.0. The molecule has 2 aromatic carbocycles. The molecular formula is C33H47N3O5S. The molecule has 1 saturated carbocycles. The number of hydrogen-bond acceptors (Lipinski definition) is 6. The minimum Gasteiger partial charge on any atom is -0.497 e. The summed E-state index contributed by atoms with van der Waals surface area (Å²) in [6, 6.07) is 14.5. The number of piperidine rings is 1. The van der Waals surface area contributed by atoms with Gasteiger partial charge in [-0.2, -0.15) is 4.31 Å². The van der Waals surface area contributed by atoms with E-state index in [0.717, 1.165) is 32.1 Å². The van der Waals surface area contributed by atoms with E-state index in [1.807, 2.05) is 0 Å². The summed E-state index contributed by atoms with van der Waals surface area (Å²) < 4.78 is 39.6. The maximum absolute atomic E-state index is 13.5. The van der Waals surface area contributed by atoms with Crippen molar-refractivity contribution in [3.05, 3.63) is 59.2 Å². The van der Waals surface area contributed by atoms with Gasteiger partial charge in [0.05, 0.1) is 18.1 Å². The lowest BCUT2D eigenvalue weighted by Crippen LogP contribution is -2.56. The van der Waals surface area contributed by atoms with Gasteiger partial charge in [-0.05, 0) is 107 Å². The van der Waals surface area contributed by atoms with Gasteiger partial charge in [0.15, 0.2) is 0 Å². The highest BCUT2D eigenvalue weighted by Gasteiger charge is 2.41. The largest absolute Gasteiger partial charge is 0.497 e. The summed E-state index contributed by atoms with van der Waals surface area (Å²) in [5.74, 6) is 0.528. The maximum Gasteiger partial charge on any atom is 0.246 e. The highest BCUT2D eigenvalue weighted by atomic mass is 32.2. The number of nitrogens with one attached hydrogen (secondary N) is 1. The fourth-order valence-corrected chi connectivity index (χ4v) is 9.23.